The van der Waals surface area contributed by atoms with Crippen molar-refractivity contribution in [2.75, 3.05) is 5.32 Å². The van der Waals surface area contributed by atoms with Gasteiger partial charge in [0.25, 0.3) is 0 Å². The van der Waals surface area contributed by atoms with E-state index >= 15 is 0 Å². The number of amides is 1. The second-order valence-electron chi connectivity index (χ2n) is 6.08. The zero-order valence-electron chi connectivity index (χ0n) is 12.5. The van der Waals surface area contributed by atoms with Gasteiger partial charge in [-0.2, -0.15) is 0 Å². The zero-order valence-corrected chi connectivity index (χ0v) is 12.5. The number of hydrogen-bond donors (Lipinski definition) is 2. The van der Waals surface area contributed by atoms with E-state index in [1.807, 2.05) is 30.3 Å². The van der Waals surface area contributed by atoms with Crippen LogP contribution in [-0.2, 0) is 4.79 Å². The molecule has 116 valence electrons. The quantitative estimate of drug-likeness (QED) is 0.779. The number of imidazole rings is 1. The van der Waals surface area contributed by atoms with Crippen LogP contribution >= 0.6 is 0 Å². The summed E-state index contributed by atoms with van der Waals surface area (Å²) in [6.45, 7) is 1.62. The Morgan fingerprint density at radius 1 is 1.35 bits per heavy atom. The molecular weight excluding hydrogens is 295 g/mol. The highest BCUT2D eigenvalue weighted by Crippen LogP contribution is 2.48. The maximum absolute atomic E-state index is 13.2. The molecule has 23 heavy (non-hydrogen) atoms. The van der Waals surface area contributed by atoms with Gasteiger partial charge < -0.3 is 10.3 Å². The number of H-pyrrole nitrogens is 1. The third-order valence-electron chi connectivity index (χ3n) is 4.32. The van der Waals surface area contributed by atoms with E-state index in [1.165, 1.54) is 0 Å². The van der Waals surface area contributed by atoms with Crippen LogP contribution in [0.3, 0.4) is 0 Å². The summed E-state index contributed by atoms with van der Waals surface area (Å²) in [7, 11) is 0. The molecule has 3 aromatic rings. The van der Waals surface area contributed by atoms with Gasteiger partial charge in [-0.05, 0) is 37.6 Å². The molecule has 1 amide bonds. The number of pyridine rings is 1. The van der Waals surface area contributed by atoms with Gasteiger partial charge in [-0.3, -0.25) is 4.79 Å². The van der Waals surface area contributed by atoms with Gasteiger partial charge in [-0.25, -0.2) is 14.4 Å². The first-order valence-electron chi connectivity index (χ1n) is 7.43. The van der Waals surface area contributed by atoms with E-state index in [9.17, 15) is 9.18 Å². The van der Waals surface area contributed by atoms with Gasteiger partial charge in [0, 0.05) is 11.8 Å². The average molecular weight is 310 g/mol. The smallest absolute Gasteiger partial charge is 0.234 e. The van der Waals surface area contributed by atoms with Gasteiger partial charge in [0.15, 0.2) is 0 Å². The summed E-state index contributed by atoms with van der Waals surface area (Å²) in [5.41, 5.74) is 1.75. The van der Waals surface area contributed by atoms with Crippen LogP contribution in [0.5, 0.6) is 0 Å². The summed E-state index contributed by atoms with van der Waals surface area (Å²) in [6, 6.07) is 11.3. The number of benzene rings is 1. The van der Waals surface area contributed by atoms with Crippen LogP contribution in [0.2, 0.25) is 0 Å². The Morgan fingerprint density at radius 3 is 2.78 bits per heavy atom. The van der Waals surface area contributed by atoms with Gasteiger partial charge in [-0.1, -0.05) is 12.1 Å². The fourth-order valence-corrected chi connectivity index (χ4v) is 2.50. The molecule has 1 aliphatic rings. The Hall–Kier alpha value is -2.76. The number of halogens is 1. The molecule has 4 rings (SSSR count). The first-order chi connectivity index (χ1) is 11.1. The number of aromatic nitrogens is 3. The number of nitrogens with zero attached hydrogens (tertiary/aromatic N) is 2. The molecule has 6 heteroatoms. The van der Waals surface area contributed by atoms with Crippen LogP contribution in [0.1, 0.15) is 13.3 Å². The second-order valence-corrected chi connectivity index (χ2v) is 6.08. The zero-order chi connectivity index (χ0) is 16.0. The van der Waals surface area contributed by atoms with Gasteiger partial charge in [0.1, 0.15) is 17.8 Å². The van der Waals surface area contributed by atoms with Crippen molar-refractivity contribution in [1.82, 2.24) is 15.0 Å². The molecule has 5 nitrogen and oxygen atoms in total. The summed E-state index contributed by atoms with van der Waals surface area (Å²) in [4.78, 5) is 23.9. The molecule has 1 fully saturated rings. The van der Waals surface area contributed by atoms with Crippen molar-refractivity contribution >= 4 is 22.8 Å². The number of carbonyl (C=O) groups is 1. The molecular formula is C17H15FN4O. The number of carbonyl (C=O) groups excluding carboxylic acids is 1. The fraction of sp³-hybridized carbons (Fsp3) is 0.235. The lowest BCUT2D eigenvalue weighted by Gasteiger charge is -2.09. The number of rotatable bonds is 3. The molecule has 2 atom stereocenters. The molecule has 0 spiro atoms. The maximum atomic E-state index is 13.2. The maximum Gasteiger partial charge on any atom is 0.234 e. The molecule has 2 N–H and O–H groups in total. The SMILES string of the molecule is CC1(C(=O)Nc2ccc(-c3nc4ccccc4[nH]3)cn2)CC1F. The lowest BCUT2D eigenvalue weighted by Crippen LogP contribution is -2.24. The van der Waals surface area contributed by atoms with Crippen molar-refractivity contribution in [3.63, 3.8) is 0 Å². The van der Waals surface area contributed by atoms with E-state index in [-0.39, 0.29) is 12.3 Å². The van der Waals surface area contributed by atoms with Crippen LogP contribution in [0, 0.1) is 5.41 Å². The van der Waals surface area contributed by atoms with E-state index < -0.39 is 11.6 Å². The molecule has 0 radical (unpaired) electrons. The van der Waals surface area contributed by atoms with E-state index in [1.54, 1.807) is 19.2 Å². The largest absolute Gasteiger partial charge is 0.338 e. The summed E-state index contributed by atoms with van der Waals surface area (Å²) >= 11 is 0. The minimum absolute atomic E-state index is 0.274. The number of para-hydroxylation sites is 2. The van der Waals surface area contributed by atoms with Crippen molar-refractivity contribution in [3.8, 4) is 11.4 Å². The van der Waals surface area contributed by atoms with E-state index in [0.29, 0.717) is 5.82 Å². The Kier molecular flexibility index (Phi) is 2.94. The highest BCUT2D eigenvalue weighted by atomic mass is 19.1. The molecule has 1 saturated carbocycles. The number of anilines is 1. The fourth-order valence-electron chi connectivity index (χ4n) is 2.50. The number of alkyl halides is 1. The van der Waals surface area contributed by atoms with Crippen molar-refractivity contribution in [2.24, 2.45) is 5.41 Å². The number of nitrogens with one attached hydrogen (secondary N) is 2. The van der Waals surface area contributed by atoms with Gasteiger partial charge >= 0.3 is 0 Å². The Balaban J connectivity index is 1.55. The second kappa shape index (κ2) is 4.87. The highest BCUT2D eigenvalue weighted by Gasteiger charge is 2.57. The van der Waals surface area contributed by atoms with Gasteiger partial charge in [0.05, 0.1) is 16.4 Å². The van der Waals surface area contributed by atoms with Gasteiger partial charge in [0.2, 0.25) is 5.91 Å². The summed E-state index contributed by atoms with van der Waals surface area (Å²) in [6.07, 6.45) is 0.850. The molecule has 0 bridgehead atoms. The van der Waals surface area contributed by atoms with Crippen molar-refractivity contribution in [1.29, 1.82) is 0 Å². The van der Waals surface area contributed by atoms with Crippen molar-refractivity contribution in [2.45, 2.75) is 19.5 Å². The number of aromatic amines is 1. The third kappa shape index (κ3) is 2.36. The monoisotopic (exact) mass is 310 g/mol. The third-order valence-corrected chi connectivity index (χ3v) is 4.32. The standard InChI is InChI=1S/C17H15FN4O/c1-17(8-13(17)18)16(23)22-14-7-6-10(9-19-14)15-20-11-4-2-3-5-12(11)21-15/h2-7,9,13H,8H2,1H3,(H,20,21)(H,19,22,23). The first kappa shape index (κ1) is 13.9. The summed E-state index contributed by atoms with van der Waals surface area (Å²) in [5, 5.41) is 2.66. The molecule has 2 heterocycles. The van der Waals surface area contributed by atoms with Crippen LogP contribution in [0.25, 0.3) is 22.4 Å². The molecule has 2 aromatic heterocycles. The normalized spacial score (nSPS) is 23.0. The van der Waals surface area contributed by atoms with Crippen LogP contribution in [0.4, 0.5) is 10.2 Å². The van der Waals surface area contributed by atoms with Gasteiger partial charge in [-0.15, -0.1) is 0 Å². The predicted molar refractivity (Wildman–Crippen MR) is 85.6 cm³/mol. The molecule has 2 unspecified atom stereocenters. The molecule has 0 aliphatic heterocycles. The van der Waals surface area contributed by atoms with Crippen LogP contribution < -0.4 is 5.32 Å². The summed E-state index contributed by atoms with van der Waals surface area (Å²) < 4.78 is 13.2. The molecule has 0 saturated heterocycles. The highest BCUT2D eigenvalue weighted by molar-refractivity contribution is 5.97. The van der Waals surface area contributed by atoms with E-state index in [0.717, 1.165) is 22.4 Å². The minimum atomic E-state index is -1.06. The Labute approximate surface area is 132 Å². The summed E-state index contributed by atoms with van der Waals surface area (Å²) in [5.74, 6) is 0.804. The average Bonchev–Trinajstić information content (AvgIpc) is 2.99. The lowest BCUT2D eigenvalue weighted by molar-refractivity contribution is -0.121. The van der Waals surface area contributed by atoms with Crippen molar-refractivity contribution < 1.29 is 9.18 Å². The predicted octanol–water partition coefficient (Wildman–Crippen LogP) is 3.31. The minimum Gasteiger partial charge on any atom is -0.338 e. The Bertz CT molecular complexity index is 856. The van der Waals surface area contributed by atoms with Crippen LogP contribution in [0.15, 0.2) is 42.6 Å². The van der Waals surface area contributed by atoms with Crippen LogP contribution in [-0.4, -0.2) is 27.0 Å². The number of hydrogen-bond acceptors (Lipinski definition) is 3. The van der Waals surface area contributed by atoms with Crippen molar-refractivity contribution in [3.05, 3.63) is 42.6 Å². The number of fused-ring (bicyclic) bond motifs is 1. The topological polar surface area (TPSA) is 70.7 Å². The van der Waals surface area contributed by atoms with E-state index in [4.69, 9.17) is 0 Å². The molecule has 1 aliphatic carbocycles. The Morgan fingerprint density at radius 2 is 2.13 bits per heavy atom. The first-order valence-corrected chi connectivity index (χ1v) is 7.43. The lowest BCUT2D eigenvalue weighted by atomic mass is 10.1. The van der Waals surface area contributed by atoms with E-state index in [2.05, 4.69) is 20.3 Å². The molecule has 1 aromatic carbocycles.